The summed E-state index contributed by atoms with van der Waals surface area (Å²) in [6, 6.07) is 56.7. The zero-order valence-electron chi connectivity index (χ0n) is 64.9. The third-order valence-corrected chi connectivity index (χ3v) is 19.1. The summed E-state index contributed by atoms with van der Waals surface area (Å²) in [5.74, 6) is 0.0281. The maximum absolute atomic E-state index is 14.3. The average molecular weight is 1640 g/mol. The molecule has 0 amide bonds. The van der Waals surface area contributed by atoms with Gasteiger partial charge < -0.3 is 0 Å². The molecule has 0 fully saturated rings. The van der Waals surface area contributed by atoms with Crippen LogP contribution in [0.25, 0.3) is 104 Å². The van der Waals surface area contributed by atoms with E-state index in [-0.39, 0.29) is 147 Å². The first-order valence-corrected chi connectivity index (χ1v) is 36.6. The average Bonchev–Trinajstić information content (AvgIpc) is 1.68. The van der Waals surface area contributed by atoms with Crippen molar-refractivity contribution in [2.24, 2.45) is 59.9 Å². The van der Waals surface area contributed by atoms with Crippen molar-refractivity contribution in [3.8, 4) is 123 Å². The van der Waals surface area contributed by atoms with Gasteiger partial charge in [-0.25, -0.2) is 149 Å². The number of nitriles is 9. The lowest BCUT2D eigenvalue weighted by molar-refractivity contribution is 0.571. The molecule has 12 aromatic rings. The maximum atomic E-state index is 14.3. The molecule has 584 valence electrons. The summed E-state index contributed by atoms with van der Waals surface area (Å²) >= 11 is 0. The Balaban J connectivity index is 0.000000140. The highest BCUT2D eigenvalue weighted by molar-refractivity contribution is 5.79. The molecule has 37 heteroatoms. The smallest absolute Gasteiger partial charge is 0.264 e. The molecule has 10 heterocycles. The summed E-state index contributed by atoms with van der Waals surface area (Å²) < 4.78 is 28.1. The van der Waals surface area contributed by atoms with Gasteiger partial charge in [0.2, 0.25) is 0 Å². The minimum absolute atomic E-state index is 0.0204. The topological polar surface area (TPSA) is 509 Å². The largest absolute Gasteiger partial charge is 0.305 e. The van der Waals surface area contributed by atoms with E-state index in [9.17, 15) is 56.1 Å². The summed E-state index contributed by atoms with van der Waals surface area (Å²) in [6.45, 7) is 34.2. The van der Waals surface area contributed by atoms with Gasteiger partial charge in [0.25, 0.3) is 0 Å². The lowest BCUT2D eigenvalue weighted by Crippen LogP contribution is -2.25. The normalized spacial score (nSPS) is 14.2. The molecule has 127 heavy (non-hydrogen) atoms. The first-order chi connectivity index (χ1) is 61.8. The summed E-state index contributed by atoms with van der Waals surface area (Å²) in [5, 5.41) is 90.7. The number of para-hydroxylation sites is 2. The second-order valence-electron chi connectivity index (χ2n) is 26.7. The summed E-state index contributed by atoms with van der Waals surface area (Å²) in [5.41, 5.74) is 4.80. The van der Waals surface area contributed by atoms with Crippen LogP contribution in [-0.2, 0) is 0 Å². The van der Waals surface area contributed by atoms with Crippen LogP contribution in [-0.4, -0.2) is 49.8 Å². The number of hydrogen-bond donors (Lipinski definition) is 0. The van der Waals surface area contributed by atoms with E-state index < -0.39 is 11.6 Å². The predicted octanol–water partition coefficient (Wildman–Crippen LogP) is 7.53. The fourth-order valence-corrected chi connectivity index (χ4v) is 12.9. The Morgan fingerprint density at radius 1 is 0.339 bits per heavy atom. The molecule has 0 radical (unpaired) electrons. The molecule has 6 aliphatic heterocycles. The highest BCUT2D eigenvalue weighted by atomic mass is 19.1. The molecule has 0 spiro atoms. The van der Waals surface area contributed by atoms with Gasteiger partial charge in [-0.1, -0.05) is 12.1 Å². The minimum Gasteiger partial charge on any atom is -0.264 e. The zero-order chi connectivity index (χ0) is 88.8. The number of aryl methyl sites for hydroxylation is 1. The van der Waals surface area contributed by atoms with Gasteiger partial charge >= 0.3 is 17.1 Å². The number of fused-ring (bicyclic) bond motifs is 6. The highest BCUT2D eigenvalue weighted by Crippen LogP contribution is 2.32. The molecule has 4 aromatic heterocycles. The molecule has 8 aromatic carbocycles. The first-order valence-electron chi connectivity index (χ1n) is 36.6. The van der Waals surface area contributed by atoms with Gasteiger partial charge in [0.15, 0.2) is 98.9 Å². The van der Waals surface area contributed by atoms with E-state index in [0.29, 0.717) is 100 Å². The Hall–Kier alpha value is -20.8. The number of rotatable bonds is 9. The van der Waals surface area contributed by atoms with Crippen LogP contribution in [0.5, 0.6) is 0 Å². The number of aromatic nitrogens is 10. The highest BCUT2D eigenvalue weighted by Gasteiger charge is 2.28. The molecular formula is C90H35F2N35. The van der Waals surface area contributed by atoms with Crippen molar-refractivity contribution in [1.82, 2.24) is 49.8 Å². The van der Waals surface area contributed by atoms with Gasteiger partial charge in [-0.15, -0.1) is 0 Å². The predicted molar refractivity (Wildman–Crippen MR) is 433 cm³/mol. The van der Waals surface area contributed by atoms with E-state index in [1.54, 1.807) is 154 Å². The summed E-state index contributed by atoms with van der Waals surface area (Å²) in [7, 11) is 0. The van der Waals surface area contributed by atoms with E-state index in [2.05, 4.69) is 156 Å². The first kappa shape index (κ1) is 80.0. The molecule has 6 aliphatic rings. The van der Waals surface area contributed by atoms with Crippen LogP contribution in [0.1, 0.15) is 64.7 Å². The van der Waals surface area contributed by atoms with Crippen LogP contribution < -0.4 is 64.3 Å². The van der Waals surface area contributed by atoms with Gasteiger partial charge in [-0.05, 0) is 148 Å². The molecule has 0 saturated carbocycles. The Labute approximate surface area is 710 Å². The van der Waals surface area contributed by atoms with Crippen molar-refractivity contribution in [3.05, 3.63) is 382 Å². The van der Waals surface area contributed by atoms with Crippen molar-refractivity contribution in [1.29, 1.82) is 47.4 Å². The number of halogens is 2. The van der Waals surface area contributed by atoms with Crippen LogP contribution in [0.3, 0.4) is 0 Å². The third kappa shape index (κ3) is 15.2. The molecule has 0 aliphatic carbocycles. The van der Waals surface area contributed by atoms with E-state index >= 15 is 0 Å². The fraction of sp³-hybridized carbons (Fsp3) is 0.0333. The Kier molecular flexibility index (Phi) is 21.2. The maximum Gasteiger partial charge on any atom is 0.305 e. The Morgan fingerprint density at radius 2 is 0.732 bits per heavy atom. The SMILES string of the molecule is [C-]#[N+]/C(C#N)=C1\N=c2ccc(-c3nc(/C(C#N)=C4/N=c5cc(C)c([N+]#[C-])cc5=N4)nc(-c4ccc(C#N)cc4)n3)c(C#N)c2=N1.[C-]#[N+]/C(C#N)=C1\N=c2ccc(-c3nc(/C(C)=C4/N=c5cc(F)cc(F)c5=N4)nc(-c4cccnc4)n3)c(C#N)c2=N1.[C-]#[N+]/C(C#N)=C1\N=c2ccc(-c3nc(C(C)=C4N=c5ccccc5=N4)nc(-c4ccc(C#N)cc4)n3)c(C#N)c2=N1. The van der Waals surface area contributed by atoms with E-state index in [1.165, 1.54) is 0 Å². The van der Waals surface area contributed by atoms with Crippen molar-refractivity contribution in [2.45, 2.75) is 20.8 Å². The Morgan fingerprint density at radius 3 is 1.14 bits per heavy atom. The zero-order valence-corrected chi connectivity index (χ0v) is 64.9. The van der Waals surface area contributed by atoms with Gasteiger partial charge in [0.05, 0.1) is 127 Å². The molecule has 35 nitrogen and oxygen atoms in total. The number of benzene rings is 8. The molecule has 0 saturated heterocycles. The van der Waals surface area contributed by atoms with E-state index in [0.717, 1.165) is 22.8 Å². The van der Waals surface area contributed by atoms with Crippen molar-refractivity contribution in [3.63, 3.8) is 0 Å². The van der Waals surface area contributed by atoms with Crippen LogP contribution in [0, 0.1) is 147 Å². The molecule has 18 rings (SSSR count). The van der Waals surface area contributed by atoms with Gasteiger partial charge in [0, 0.05) is 69.1 Å². The molecule has 0 atom stereocenters. The lowest BCUT2D eigenvalue weighted by Gasteiger charge is -2.09. The Bertz CT molecular complexity index is 8720. The molecule has 0 unspecified atom stereocenters. The van der Waals surface area contributed by atoms with Crippen LogP contribution in [0.15, 0.2) is 270 Å². The molecule has 0 bridgehead atoms. The quantitative estimate of drug-likeness (QED) is 0.0994. The fourth-order valence-electron chi connectivity index (χ4n) is 12.9. The van der Waals surface area contributed by atoms with E-state index in [4.69, 9.17) is 36.3 Å². The third-order valence-electron chi connectivity index (χ3n) is 19.1. The summed E-state index contributed by atoms with van der Waals surface area (Å²) in [6.07, 6.45) is 3.14. The molecular weight excluding hydrogens is 1610 g/mol. The van der Waals surface area contributed by atoms with Crippen LogP contribution >= 0.6 is 0 Å². The van der Waals surface area contributed by atoms with Gasteiger partial charge in [-0.2, -0.15) is 31.6 Å². The van der Waals surface area contributed by atoms with E-state index in [1.807, 2.05) is 31.2 Å². The second-order valence-corrected chi connectivity index (χ2v) is 26.7. The minimum atomic E-state index is -0.851. The van der Waals surface area contributed by atoms with Crippen LogP contribution in [0.2, 0.25) is 0 Å². The lowest BCUT2D eigenvalue weighted by atomic mass is 10.1. The van der Waals surface area contributed by atoms with Crippen LogP contribution in [0.4, 0.5) is 14.5 Å². The van der Waals surface area contributed by atoms with Gasteiger partial charge in [0.1, 0.15) is 57.1 Å². The number of allylic oxidation sites excluding steroid dienone is 6. The van der Waals surface area contributed by atoms with Crippen molar-refractivity contribution < 1.29 is 8.78 Å². The number of hydrogen-bond acceptors (Lipinski definition) is 31. The summed E-state index contributed by atoms with van der Waals surface area (Å²) in [4.78, 5) is 111. The second kappa shape index (κ2) is 33.7. The van der Waals surface area contributed by atoms with Crippen molar-refractivity contribution >= 4 is 22.4 Å². The van der Waals surface area contributed by atoms with Gasteiger partial charge in [-0.3, -0.25) is 4.98 Å². The van der Waals surface area contributed by atoms with Crippen molar-refractivity contribution in [2.75, 3.05) is 0 Å². The molecule has 0 N–H and O–H groups in total. The standard InChI is InChI=1S/C32H11N13.C30H13N11.C28H11F2N11/c1-16-10-24-25(11-23(16)37-2)41-30(40-24)21(14-35)31-44-28(18-6-4-17(12-33)5-7-18)43-29(45-31)19-8-9-22-27(20(19)13-34)42-32(39-22)26(15-36)38-3;1-16(26-35-21-5-3-4-6-22(21)36-26)27-39-28(18-9-7-17(13-31)8-10-18)41-29(40-27)19-11-12-23-25(20(19)14-32)38-30(37-23)24(15-33)34-2;1-13(24-36-20-9-15(29)8-18(30)23(20)38-24)25-39-26(14-4-3-7-34-12-14)41-27(40-25)16-5-6-19-22(17(16)10-31)37-28(35-19)21(11-32)33-2/h4-11H,1H3;3-12H,1H3;3-9,12H,1H3/b30-21-,32-26+;30-24+;24-13-,28-21+. The number of pyridine rings is 1. The monoisotopic (exact) mass is 1640 g/mol. The number of nitrogens with zero attached hydrogens (tertiary/aromatic N) is 35.